The molecule has 1 saturated heterocycles. The van der Waals surface area contributed by atoms with Crippen molar-refractivity contribution in [3.05, 3.63) is 23.8 Å². The quantitative estimate of drug-likeness (QED) is 0.698. The van der Waals surface area contributed by atoms with Crippen LogP contribution < -0.4 is 10.2 Å². The lowest BCUT2D eigenvalue weighted by Crippen LogP contribution is -2.47. The topological polar surface area (TPSA) is 86.8 Å². The maximum Gasteiger partial charge on any atom is 0.243 e. The number of benzene rings is 1. The number of piperidine rings is 1. The first-order valence-corrected chi connectivity index (χ1v) is 13.4. The zero-order valence-electron chi connectivity index (χ0n) is 19.2. The summed E-state index contributed by atoms with van der Waals surface area (Å²) in [6, 6.07) is 5.29. The summed E-state index contributed by atoms with van der Waals surface area (Å²) < 4.78 is 28.3. The summed E-state index contributed by atoms with van der Waals surface area (Å²) in [6.45, 7) is 4.17. The SMILES string of the molecule is CC(=O)N1c2ccc(S(=O)(=O)N3CCC[C@@H](C(=O)NC4CCCCCC4)C3)cc2C[C@H]1C. The van der Waals surface area contributed by atoms with E-state index in [0.717, 1.165) is 43.4 Å². The van der Waals surface area contributed by atoms with Gasteiger partial charge in [-0.15, -0.1) is 0 Å². The van der Waals surface area contributed by atoms with Gasteiger partial charge in [-0.05, 0) is 62.8 Å². The van der Waals surface area contributed by atoms with E-state index in [4.69, 9.17) is 0 Å². The Morgan fingerprint density at radius 3 is 2.44 bits per heavy atom. The molecule has 2 aliphatic heterocycles. The Morgan fingerprint density at radius 2 is 1.75 bits per heavy atom. The normalized spacial score (nSPS) is 25.2. The Balaban J connectivity index is 1.46. The van der Waals surface area contributed by atoms with Crippen LogP contribution in [-0.4, -0.2) is 49.7 Å². The molecule has 2 amide bonds. The number of rotatable bonds is 4. The first-order valence-electron chi connectivity index (χ1n) is 12.0. The standard InChI is InChI=1S/C24H35N3O4S/c1-17-14-20-15-22(11-12-23(20)27(17)18(2)28)32(30,31)26-13-7-8-19(16-26)24(29)25-21-9-5-3-4-6-10-21/h11-12,15,17,19,21H,3-10,13-14,16H2,1-2H3,(H,25,29)/t17-,19-/m1/s1. The van der Waals surface area contributed by atoms with Crippen LogP contribution >= 0.6 is 0 Å². The molecular formula is C24H35N3O4S. The van der Waals surface area contributed by atoms with E-state index in [2.05, 4.69) is 5.32 Å². The Labute approximate surface area is 191 Å². The number of nitrogens with one attached hydrogen (secondary N) is 1. The van der Waals surface area contributed by atoms with E-state index in [1.54, 1.807) is 23.1 Å². The molecule has 176 valence electrons. The Morgan fingerprint density at radius 1 is 1.03 bits per heavy atom. The van der Waals surface area contributed by atoms with Crippen LogP contribution in [-0.2, 0) is 26.0 Å². The lowest BCUT2D eigenvalue weighted by Gasteiger charge is -2.32. The number of carbonyl (C=O) groups excluding carboxylic acids is 2. The number of nitrogens with zero attached hydrogens (tertiary/aromatic N) is 2. The lowest BCUT2D eigenvalue weighted by molar-refractivity contribution is -0.127. The highest BCUT2D eigenvalue weighted by Gasteiger charge is 2.36. The van der Waals surface area contributed by atoms with Crippen LogP contribution in [0.4, 0.5) is 5.69 Å². The molecule has 3 aliphatic rings. The lowest BCUT2D eigenvalue weighted by atomic mass is 9.97. The van der Waals surface area contributed by atoms with Crippen molar-refractivity contribution in [2.45, 2.75) is 88.6 Å². The molecule has 2 fully saturated rings. The van der Waals surface area contributed by atoms with Crippen molar-refractivity contribution in [3.8, 4) is 0 Å². The summed E-state index contributed by atoms with van der Waals surface area (Å²) in [4.78, 5) is 26.9. The van der Waals surface area contributed by atoms with Gasteiger partial charge in [-0.25, -0.2) is 8.42 Å². The van der Waals surface area contributed by atoms with Gasteiger partial charge in [0.05, 0.1) is 10.8 Å². The molecule has 0 bridgehead atoms. The minimum atomic E-state index is -3.69. The molecule has 0 radical (unpaired) electrons. The third kappa shape index (κ3) is 4.71. The smallest absolute Gasteiger partial charge is 0.243 e. The molecule has 0 aromatic heterocycles. The highest BCUT2D eigenvalue weighted by molar-refractivity contribution is 7.89. The van der Waals surface area contributed by atoms with E-state index in [1.807, 2.05) is 6.92 Å². The molecule has 7 nitrogen and oxygen atoms in total. The van der Waals surface area contributed by atoms with Gasteiger partial charge in [0.2, 0.25) is 21.8 Å². The fraction of sp³-hybridized carbons (Fsp3) is 0.667. The second-order valence-electron chi connectivity index (χ2n) is 9.63. The van der Waals surface area contributed by atoms with Gasteiger partial charge in [-0.3, -0.25) is 9.59 Å². The number of sulfonamides is 1. The Kier molecular flexibility index (Phi) is 6.91. The molecule has 8 heteroatoms. The second kappa shape index (κ2) is 9.51. The predicted molar refractivity (Wildman–Crippen MR) is 124 cm³/mol. The third-order valence-corrected chi connectivity index (χ3v) is 9.06. The minimum Gasteiger partial charge on any atom is -0.353 e. The monoisotopic (exact) mass is 461 g/mol. The molecule has 1 aromatic rings. The number of hydrogen-bond donors (Lipinski definition) is 1. The van der Waals surface area contributed by atoms with Crippen LogP contribution in [0.3, 0.4) is 0 Å². The van der Waals surface area contributed by atoms with Gasteiger partial charge in [0.1, 0.15) is 0 Å². The molecule has 0 spiro atoms. The number of fused-ring (bicyclic) bond motifs is 1. The van der Waals surface area contributed by atoms with Crippen molar-refractivity contribution >= 4 is 27.5 Å². The van der Waals surface area contributed by atoms with Gasteiger partial charge < -0.3 is 10.2 Å². The average Bonchev–Trinajstić information content (AvgIpc) is 2.91. The van der Waals surface area contributed by atoms with E-state index in [1.165, 1.54) is 24.1 Å². The van der Waals surface area contributed by atoms with E-state index < -0.39 is 10.0 Å². The fourth-order valence-corrected chi connectivity index (χ4v) is 7.09. The molecule has 1 saturated carbocycles. The third-order valence-electron chi connectivity index (χ3n) is 7.20. The Bertz CT molecular complexity index is 969. The average molecular weight is 462 g/mol. The van der Waals surface area contributed by atoms with Gasteiger partial charge in [-0.2, -0.15) is 4.31 Å². The number of anilines is 1. The minimum absolute atomic E-state index is 0.00308. The van der Waals surface area contributed by atoms with Crippen molar-refractivity contribution in [1.82, 2.24) is 9.62 Å². The van der Waals surface area contributed by atoms with Crippen LogP contribution in [0.2, 0.25) is 0 Å². The summed E-state index contributed by atoms with van der Waals surface area (Å²) in [7, 11) is -3.69. The number of carbonyl (C=O) groups is 2. The summed E-state index contributed by atoms with van der Waals surface area (Å²) in [5.41, 5.74) is 1.68. The molecule has 1 N–H and O–H groups in total. The predicted octanol–water partition coefficient (Wildman–Crippen LogP) is 3.22. The van der Waals surface area contributed by atoms with E-state index in [9.17, 15) is 18.0 Å². The number of hydrogen-bond acceptors (Lipinski definition) is 4. The van der Waals surface area contributed by atoms with Crippen LogP contribution in [0, 0.1) is 5.92 Å². The van der Waals surface area contributed by atoms with E-state index in [-0.39, 0.29) is 41.3 Å². The van der Waals surface area contributed by atoms with Crippen LogP contribution in [0.5, 0.6) is 0 Å². The van der Waals surface area contributed by atoms with Crippen LogP contribution in [0.25, 0.3) is 0 Å². The molecule has 32 heavy (non-hydrogen) atoms. The molecule has 1 aliphatic carbocycles. The fourth-order valence-electron chi connectivity index (χ4n) is 5.51. The molecule has 0 unspecified atom stereocenters. The van der Waals surface area contributed by atoms with E-state index >= 15 is 0 Å². The van der Waals surface area contributed by atoms with Gasteiger partial charge in [0, 0.05) is 37.8 Å². The van der Waals surface area contributed by atoms with Crippen molar-refractivity contribution < 1.29 is 18.0 Å². The Hall–Kier alpha value is -1.93. The van der Waals surface area contributed by atoms with Gasteiger partial charge in [0.15, 0.2) is 0 Å². The van der Waals surface area contributed by atoms with Crippen molar-refractivity contribution in [1.29, 1.82) is 0 Å². The first kappa shape index (κ1) is 23.2. The summed E-state index contributed by atoms with van der Waals surface area (Å²) in [5, 5.41) is 3.20. The van der Waals surface area contributed by atoms with E-state index in [0.29, 0.717) is 19.4 Å². The molecule has 1 aromatic carbocycles. The summed E-state index contributed by atoms with van der Waals surface area (Å²) in [6.07, 6.45) is 8.84. The maximum absolute atomic E-state index is 13.4. The first-order chi connectivity index (χ1) is 15.3. The second-order valence-corrected chi connectivity index (χ2v) is 11.6. The summed E-state index contributed by atoms with van der Waals surface area (Å²) >= 11 is 0. The molecule has 4 rings (SSSR count). The highest BCUT2D eigenvalue weighted by Crippen LogP contribution is 2.35. The van der Waals surface area contributed by atoms with Crippen LogP contribution in [0.1, 0.15) is 70.8 Å². The van der Waals surface area contributed by atoms with Crippen molar-refractivity contribution in [2.24, 2.45) is 5.92 Å². The van der Waals surface area contributed by atoms with Crippen LogP contribution in [0.15, 0.2) is 23.1 Å². The number of amides is 2. The van der Waals surface area contributed by atoms with Gasteiger partial charge >= 0.3 is 0 Å². The zero-order chi connectivity index (χ0) is 22.9. The van der Waals surface area contributed by atoms with Gasteiger partial charge in [-0.1, -0.05) is 25.7 Å². The molecule has 2 heterocycles. The van der Waals surface area contributed by atoms with Gasteiger partial charge in [0.25, 0.3) is 0 Å². The molecular weight excluding hydrogens is 426 g/mol. The highest BCUT2D eigenvalue weighted by atomic mass is 32.2. The summed E-state index contributed by atoms with van der Waals surface area (Å²) in [5.74, 6) is -0.341. The largest absolute Gasteiger partial charge is 0.353 e. The van der Waals surface area contributed by atoms with Crippen molar-refractivity contribution in [2.75, 3.05) is 18.0 Å². The van der Waals surface area contributed by atoms with Crippen molar-refractivity contribution in [3.63, 3.8) is 0 Å². The zero-order valence-corrected chi connectivity index (χ0v) is 20.0. The molecule has 2 atom stereocenters. The maximum atomic E-state index is 13.4.